The van der Waals surface area contributed by atoms with Crippen molar-refractivity contribution in [2.45, 2.75) is 51.6 Å². The average molecular weight is 426 g/mol. The number of unbranched alkanes of at least 4 members (excludes halogenated alkanes) is 3. The number of aromatic nitrogens is 2. The molecular weight excluding hydrogens is 398 g/mol. The van der Waals surface area contributed by atoms with Crippen LogP contribution in [0, 0.1) is 0 Å². The van der Waals surface area contributed by atoms with Gasteiger partial charge in [-0.25, -0.2) is 4.98 Å². The molecule has 1 heterocycles. The van der Waals surface area contributed by atoms with E-state index >= 15 is 0 Å². The van der Waals surface area contributed by atoms with Gasteiger partial charge >= 0.3 is 0 Å². The largest absolute Gasteiger partial charge is 0.341 e. The standard InChI is InChI=1S/C23H28BrN3/c1-2-3-4-8-14-21(25-16-18-10-6-5-7-11-18)23-26-17-22(27-23)19-12-9-13-20(24)15-19/h5-7,9-13,15,17,21,25H,2-4,8,14,16H2,1H3,(H,26,27)/t21-/m1/s1. The average Bonchev–Trinajstić information content (AvgIpc) is 3.18. The van der Waals surface area contributed by atoms with Crippen molar-refractivity contribution in [2.24, 2.45) is 0 Å². The predicted octanol–water partition coefficient (Wildman–Crippen LogP) is 6.64. The van der Waals surface area contributed by atoms with E-state index in [4.69, 9.17) is 4.98 Å². The van der Waals surface area contributed by atoms with Crippen molar-refractivity contribution in [3.8, 4) is 11.3 Å². The second-order valence-electron chi connectivity index (χ2n) is 6.96. The zero-order valence-electron chi connectivity index (χ0n) is 15.9. The lowest BCUT2D eigenvalue weighted by atomic mass is 10.1. The lowest BCUT2D eigenvalue weighted by Crippen LogP contribution is -2.22. The Morgan fingerprint density at radius 1 is 1.04 bits per heavy atom. The number of aromatic amines is 1. The first-order valence-electron chi connectivity index (χ1n) is 9.84. The molecule has 3 aromatic rings. The monoisotopic (exact) mass is 425 g/mol. The van der Waals surface area contributed by atoms with Crippen LogP contribution < -0.4 is 5.32 Å². The molecule has 1 aromatic heterocycles. The lowest BCUT2D eigenvalue weighted by Gasteiger charge is -2.17. The number of nitrogens with one attached hydrogen (secondary N) is 2. The highest BCUT2D eigenvalue weighted by molar-refractivity contribution is 9.10. The third-order valence-electron chi connectivity index (χ3n) is 4.80. The van der Waals surface area contributed by atoms with Gasteiger partial charge in [-0.05, 0) is 24.1 Å². The molecule has 4 heteroatoms. The molecule has 2 N–H and O–H groups in total. The number of rotatable bonds is 10. The Bertz CT molecular complexity index is 813. The summed E-state index contributed by atoms with van der Waals surface area (Å²) in [5.41, 5.74) is 3.51. The molecule has 0 radical (unpaired) electrons. The third kappa shape index (κ3) is 6.05. The van der Waals surface area contributed by atoms with Crippen molar-refractivity contribution in [3.05, 3.63) is 76.7 Å². The molecule has 2 aromatic carbocycles. The van der Waals surface area contributed by atoms with Gasteiger partial charge in [0.15, 0.2) is 0 Å². The summed E-state index contributed by atoms with van der Waals surface area (Å²) in [6.07, 6.45) is 8.09. The smallest absolute Gasteiger partial charge is 0.123 e. The zero-order valence-corrected chi connectivity index (χ0v) is 17.5. The summed E-state index contributed by atoms with van der Waals surface area (Å²) in [7, 11) is 0. The van der Waals surface area contributed by atoms with E-state index in [0.29, 0.717) is 0 Å². The highest BCUT2D eigenvalue weighted by atomic mass is 79.9. The van der Waals surface area contributed by atoms with Gasteiger partial charge < -0.3 is 10.3 Å². The fourth-order valence-corrected chi connectivity index (χ4v) is 3.66. The molecule has 142 valence electrons. The van der Waals surface area contributed by atoms with Gasteiger partial charge in [-0.1, -0.05) is 91.0 Å². The fourth-order valence-electron chi connectivity index (χ4n) is 3.26. The maximum Gasteiger partial charge on any atom is 0.123 e. The molecule has 0 fully saturated rings. The van der Waals surface area contributed by atoms with E-state index in [1.165, 1.54) is 31.2 Å². The molecular formula is C23H28BrN3. The molecule has 0 saturated carbocycles. The summed E-state index contributed by atoms with van der Waals surface area (Å²) in [5.74, 6) is 1.03. The van der Waals surface area contributed by atoms with Gasteiger partial charge in [-0.3, -0.25) is 0 Å². The Hall–Kier alpha value is -1.91. The van der Waals surface area contributed by atoms with Crippen molar-refractivity contribution >= 4 is 15.9 Å². The third-order valence-corrected chi connectivity index (χ3v) is 5.30. The molecule has 0 aliphatic heterocycles. The SMILES string of the molecule is CCCCCC[C@@H](NCc1ccccc1)c1ncc(-c2cccc(Br)c2)[nH]1. The number of benzene rings is 2. The van der Waals surface area contributed by atoms with Gasteiger partial charge in [0.05, 0.1) is 17.9 Å². The van der Waals surface area contributed by atoms with Gasteiger partial charge in [-0.2, -0.15) is 0 Å². The molecule has 0 spiro atoms. The summed E-state index contributed by atoms with van der Waals surface area (Å²) >= 11 is 3.55. The Labute approximate surface area is 170 Å². The number of nitrogens with zero attached hydrogens (tertiary/aromatic N) is 1. The molecule has 0 aliphatic carbocycles. The molecule has 27 heavy (non-hydrogen) atoms. The minimum absolute atomic E-state index is 0.239. The van der Waals surface area contributed by atoms with Crippen LogP contribution in [0.1, 0.15) is 56.5 Å². The van der Waals surface area contributed by atoms with Gasteiger partial charge in [0.2, 0.25) is 0 Å². The normalized spacial score (nSPS) is 12.2. The van der Waals surface area contributed by atoms with E-state index in [1.807, 2.05) is 12.3 Å². The van der Waals surface area contributed by atoms with Crippen LogP contribution in [0.25, 0.3) is 11.3 Å². The number of H-pyrrole nitrogens is 1. The molecule has 0 unspecified atom stereocenters. The summed E-state index contributed by atoms with van der Waals surface area (Å²) in [6.45, 7) is 3.11. The van der Waals surface area contributed by atoms with Gasteiger partial charge in [-0.15, -0.1) is 0 Å². The molecule has 0 saturated heterocycles. The zero-order chi connectivity index (χ0) is 18.9. The number of halogens is 1. The van der Waals surface area contributed by atoms with Crippen molar-refractivity contribution in [2.75, 3.05) is 0 Å². The maximum absolute atomic E-state index is 4.70. The lowest BCUT2D eigenvalue weighted by molar-refractivity contribution is 0.453. The summed E-state index contributed by atoms with van der Waals surface area (Å²) in [6, 6.07) is 19.1. The van der Waals surface area contributed by atoms with E-state index in [1.54, 1.807) is 0 Å². The van der Waals surface area contributed by atoms with Crippen LogP contribution in [-0.4, -0.2) is 9.97 Å². The van der Waals surface area contributed by atoms with E-state index in [0.717, 1.165) is 34.5 Å². The Balaban J connectivity index is 1.71. The second kappa shape index (κ2) is 10.4. The first-order chi connectivity index (χ1) is 13.3. The van der Waals surface area contributed by atoms with E-state index in [-0.39, 0.29) is 6.04 Å². The van der Waals surface area contributed by atoms with Crippen molar-refractivity contribution in [3.63, 3.8) is 0 Å². The molecule has 3 nitrogen and oxygen atoms in total. The first-order valence-corrected chi connectivity index (χ1v) is 10.6. The van der Waals surface area contributed by atoms with Crippen molar-refractivity contribution in [1.82, 2.24) is 15.3 Å². The van der Waals surface area contributed by atoms with Crippen LogP contribution in [-0.2, 0) is 6.54 Å². The summed E-state index contributed by atoms with van der Waals surface area (Å²) < 4.78 is 1.08. The Morgan fingerprint density at radius 3 is 2.67 bits per heavy atom. The highest BCUT2D eigenvalue weighted by Gasteiger charge is 2.15. The minimum Gasteiger partial charge on any atom is -0.341 e. The molecule has 1 atom stereocenters. The van der Waals surface area contributed by atoms with Crippen LogP contribution in [0.5, 0.6) is 0 Å². The number of hydrogen-bond acceptors (Lipinski definition) is 2. The Morgan fingerprint density at radius 2 is 1.89 bits per heavy atom. The first kappa shape index (κ1) is 19.8. The van der Waals surface area contributed by atoms with E-state index in [2.05, 4.69) is 81.7 Å². The van der Waals surface area contributed by atoms with Crippen LogP contribution in [0.4, 0.5) is 0 Å². The van der Waals surface area contributed by atoms with Gasteiger partial charge in [0.1, 0.15) is 5.82 Å². The summed E-state index contributed by atoms with van der Waals surface area (Å²) in [5, 5.41) is 3.70. The molecule has 0 amide bonds. The van der Waals surface area contributed by atoms with Crippen LogP contribution in [0.15, 0.2) is 65.3 Å². The van der Waals surface area contributed by atoms with Gasteiger partial charge in [0, 0.05) is 16.6 Å². The molecule has 0 aliphatic rings. The number of hydrogen-bond donors (Lipinski definition) is 2. The van der Waals surface area contributed by atoms with Crippen LogP contribution in [0.3, 0.4) is 0 Å². The second-order valence-corrected chi connectivity index (χ2v) is 7.88. The quantitative estimate of drug-likeness (QED) is 0.357. The predicted molar refractivity (Wildman–Crippen MR) is 117 cm³/mol. The maximum atomic E-state index is 4.70. The molecule has 3 rings (SSSR count). The van der Waals surface area contributed by atoms with E-state index < -0.39 is 0 Å². The van der Waals surface area contributed by atoms with Crippen LogP contribution in [0.2, 0.25) is 0 Å². The van der Waals surface area contributed by atoms with Crippen molar-refractivity contribution < 1.29 is 0 Å². The van der Waals surface area contributed by atoms with Crippen LogP contribution >= 0.6 is 15.9 Å². The minimum atomic E-state index is 0.239. The topological polar surface area (TPSA) is 40.7 Å². The van der Waals surface area contributed by atoms with Crippen molar-refractivity contribution in [1.29, 1.82) is 0 Å². The Kier molecular flexibility index (Phi) is 7.66. The summed E-state index contributed by atoms with van der Waals surface area (Å²) in [4.78, 5) is 8.24. The molecule has 0 bridgehead atoms. The van der Waals surface area contributed by atoms with E-state index in [9.17, 15) is 0 Å². The highest BCUT2D eigenvalue weighted by Crippen LogP contribution is 2.25. The van der Waals surface area contributed by atoms with Gasteiger partial charge in [0.25, 0.3) is 0 Å². The number of imidazole rings is 1. The fraction of sp³-hybridized carbons (Fsp3) is 0.348.